The Bertz CT molecular complexity index is 1020. The van der Waals surface area contributed by atoms with E-state index in [0.29, 0.717) is 11.4 Å². The number of benzene rings is 2. The number of amidine groups is 1. The van der Waals surface area contributed by atoms with E-state index < -0.39 is 16.6 Å². The molecule has 1 amide bonds. The molecule has 1 N–H and O–H groups in total. The van der Waals surface area contributed by atoms with Crippen LogP contribution in [0.1, 0.15) is 5.56 Å². The van der Waals surface area contributed by atoms with Gasteiger partial charge < -0.3 is 9.47 Å². The van der Waals surface area contributed by atoms with E-state index in [4.69, 9.17) is 14.9 Å². The number of hydrogen-bond acceptors (Lipinski definition) is 7. The molecule has 2 aromatic rings. The highest BCUT2D eigenvalue weighted by atomic mass is 32.2. The van der Waals surface area contributed by atoms with Crippen LogP contribution >= 0.6 is 11.8 Å². The molecule has 0 unspecified atom stereocenters. The van der Waals surface area contributed by atoms with E-state index >= 15 is 0 Å². The second-order valence-corrected chi connectivity index (χ2v) is 6.58. The van der Waals surface area contributed by atoms with Crippen molar-refractivity contribution in [1.82, 2.24) is 0 Å². The average molecular weight is 387 g/mol. The average Bonchev–Trinajstić information content (AvgIpc) is 3.19. The van der Waals surface area contributed by atoms with Gasteiger partial charge in [-0.15, -0.1) is 0 Å². The number of carbonyl (C=O) groups is 1. The van der Waals surface area contributed by atoms with Crippen molar-refractivity contribution in [3.05, 3.63) is 62.8 Å². The van der Waals surface area contributed by atoms with Crippen LogP contribution in [0.5, 0.6) is 11.5 Å². The number of carbonyl (C=O) groups excluding carboxylic acids is 1. The molecule has 4 rings (SSSR count). The van der Waals surface area contributed by atoms with Gasteiger partial charge in [-0.2, -0.15) is 0 Å². The standard InChI is InChI=1S/C17H10FN3O5S/c18-10-1-3-11(4-2-10)20-16(22)15(27-17(20)19)6-9-5-13-14(26-8-25-13)7-12(9)21(23)24/h1-7,19H,8H2. The van der Waals surface area contributed by atoms with E-state index in [0.717, 1.165) is 16.7 Å². The van der Waals surface area contributed by atoms with Gasteiger partial charge in [0.1, 0.15) is 5.82 Å². The lowest BCUT2D eigenvalue weighted by atomic mass is 10.1. The quantitative estimate of drug-likeness (QED) is 0.491. The van der Waals surface area contributed by atoms with Crippen molar-refractivity contribution < 1.29 is 23.6 Å². The summed E-state index contributed by atoms with van der Waals surface area (Å²) in [6, 6.07) is 7.80. The van der Waals surface area contributed by atoms with Crippen molar-refractivity contribution in [2.75, 3.05) is 11.7 Å². The number of rotatable bonds is 3. The Morgan fingerprint density at radius 1 is 1.22 bits per heavy atom. The number of ether oxygens (including phenoxy) is 2. The van der Waals surface area contributed by atoms with Gasteiger partial charge in [0, 0.05) is 0 Å². The molecule has 0 radical (unpaired) electrons. The Labute approximate surface area is 155 Å². The van der Waals surface area contributed by atoms with Crippen LogP contribution < -0.4 is 14.4 Å². The SMILES string of the molecule is N=C1SC(=Cc2cc3c(cc2[N+](=O)[O-])OCO3)C(=O)N1c1ccc(F)cc1. The number of fused-ring (bicyclic) bond motifs is 1. The summed E-state index contributed by atoms with van der Waals surface area (Å²) in [5.74, 6) is -0.386. The van der Waals surface area contributed by atoms with Crippen molar-refractivity contribution in [2.24, 2.45) is 0 Å². The Balaban J connectivity index is 1.73. The fraction of sp³-hybridized carbons (Fsp3) is 0.0588. The summed E-state index contributed by atoms with van der Waals surface area (Å²) in [6.45, 7) is -0.0385. The van der Waals surface area contributed by atoms with Gasteiger partial charge in [-0.05, 0) is 48.2 Å². The number of nitro benzene ring substituents is 1. The minimum Gasteiger partial charge on any atom is -0.454 e. The predicted molar refractivity (Wildman–Crippen MR) is 96.4 cm³/mol. The van der Waals surface area contributed by atoms with Crippen molar-refractivity contribution in [3.63, 3.8) is 0 Å². The first-order valence-electron chi connectivity index (χ1n) is 7.60. The van der Waals surface area contributed by atoms with E-state index in [1.165, 1.54) is 42.5 Å². The van der Waals surface area contributed by atoms with Crippen LogP contribution in [-0.4, -0.2) is 22.8 Å². The van der Waals surface area contributed by atoms with E-state index in [-0.39, 0.29) is 33.9 Å². The molecule has 0 bridgehead atoms. The summed E-state index contributed by atoms with van der Waals surface area (Å²) >= 11 is 0.862. The normalized spacial score (nSPS) is 17.1. The number of anilines is 1. The van der Waals surface area contributed by atoms with E-state index in [9.17, 15) is 19.3 Å². The molecular formula is C17H10FN3O5S. The van der Waals surface area contributed by atoms with Gasteiger partial charge in [0.2, 0.25) is 6.79 Å². The molecule has 2 aliphatic rings. The molecule has 2 aliphatic heterocycles. The van der Waals surface area contributed by atoms with Crippen LogP contribution in [0.4, 0.5) is 15.8 Å². The number of hydrogen-bond donors (Lipinski definition) is 1. The zero-order chi connectivity index (χ0) is 19.1. The first kappa shape index (κ1) is 17.0. The van der Waals surface area contributed by atoms with Crippen molar-refractivity contribution in [3.8, 4) is 11.5 Å². The van der Waals surface area contributed by atoms with Crippen LogP contribution in [0.2, 0.25) is 0 Å². The van der Waals surface area contributed by atoms with E-state index in [2.05, 4.69) is 0 Å². The number of halogens is 1. The van der Waals surface area contributed by atoms with Crippen LogP contribution in [0.15, 0.2) is 41.3 Å². The van der Waals surface area contributed by atoms with Crippen LogP contribution in [0.25, 0.3) is 6.08 Å². The number of nitro groups is 1. The third-order valence-electron chi connectivity index (χ3n) is 3.91. The van der Waals surface area contributed by atoms with Crippen molar-refractivity contribution >= 4 is 40.3 Å². The molecule has 1 saturated heterocycles. The Kier molecular flexibility index (Phi) is 4.04. The smallest absolute Gasteiger partial charge is 0.280 e. The van der Waals surface area contributed by atoms with Crippen molar-refractivity contribution in [1.29, 1.82) is 5.41 Å². The summed E-state index contributed by atoms with van der Waals surface area (Å²) in [6.07, 6.45) is 1.34. The third-order valence-corrected chi connectivity index (χ3v) is 4.80. The van der Waals surface area contributed by atoms with Gasteiger partial charge in [-0.1, -0.05) is 0 Å². The predicted octanol–water partition coefficient (Wildman–Crippen LogP) is 3.52. The third kappa shape index (κ3) is 2.99. The minimum absolute atomic E-state index is 0.0385. The summed E-state index contributed by atoms with van der Waals surface area (Å²) in [5, 5.41) is 19.3. The fourth-order valence-electron chi connectivity index (χ4n) is 2.67. The largest absolute Gasteiger partial charge is 0.454 e. The highest BCUT2D eigenvalue weighted by molar-refractivity contribution is 8.19. The molecule has 0 aromatic heterocycles. The molecular weight excluding hydrogens is 377 g/mol. The molecule has 8 nitrogen and oxygen atoms in total. The lowest BCUT2D eigenvalue weighted by Gasteiger charge is -2.13. The minimum atomic E-state index is -0.582. The van der Waals surface area contributed by atoms with Gasteiger partial charge in [-0.3, -0.25) is 25.2 Å². The van der Waals surface area contributed by atoms with Gasteiger partial charge in [0.05, 0.1) is 27.1 Å². The molecule has 0 aliphatic carbocycles. The highest BCUT2D eigenvalue weighted by Crippen LogP contribution is 2.41. The Morgan fingerprint density at radius 2 is 1.89 bits per heavy atom. The van der Waals surface area contributed by atoms with E-state index in [1.54, 1.807) is 0 Å². The van der Waals surface area contributed by atoms with E-state index in [1.807, 2.05) is 0 Å². The molecule has 10 heteroatoms. The Morgan fingerprint density at radius 3 is 2.56 bits per heavy atom. The summed E-state index contributed by atoms with van der Waals surface area (Å²) in [7, 11) is 0. The summed E-state index contributed by atoms with van der Waals surface area (Å²) in [5.41, 5.74) is 0.253. The van der Waals surface area contributed by atoms with Crippen LogP contribution in [-0.2, 0) is 4.79 Å². The summed E-state index contributed by atoms with van der Waals surface area (Å²) in [4.78, 5) is 24.7. The fourth-order valence-corrected chi connectivity index (χ4v) is 3.53. The monoisotopic (exact) mass is 387 g/mol. The van der Waals surface area contributed by atoms with Gasteiger partial charge in [-0.25, -0.2) is 4.39 Å². The first-order valence-corrected chi connectivity index (χ1v) is 8.42. The van der Waals surface area contributed by atoms with Gasteiger partial charge in [0.15, 0.2) is 16.7 Å². The zero-order valence-electron chi connectivity index (χ0n) is 13.5. The number of nitrogens with one attached hydrogen (secondary N) is 1. The zero-order valence-corrected chi connectivity index (χ0v) is 14.3. The maximum atomic E-state index is 13.1. The Hall–Kier alpha value is -3.40. The van der Waals surface area contributed by atoms with Gasteiger partial charge >= 0.3 is 0 Å². The molecule has 27 heavy (non-hydrogen) atoms. The second-order valence-electron chi connectivity index (χ2n) is 5.55. The molecule has 0 saturated carbocycles. The maximum absolute atomic E-state index is 13.1. The number of thioether (sulfide) groups is 1. The summed E-state index contributed by atoms with van der Waals surface area (Å²) < 4.78 is 23.5. The lowest BCUT2D eigenvalue weighted by Crippen LogP contribution is -2.28. The maximum Gasteiger partial charge on any atom is 0.280 e. The molecule has 2 aromatic carbocycles. The molecule has 0 spiro atoms. The topological polar surface area (TPSA) is 106 Å². The van der Waals surface area contributed by atoms with Crippen LogP contribution in [0, 0.1) is 21.3 Å². The lowest BCUT2D eigenvalue weighted by molar-refractivity contribution is -0.385. The van der Waals surface area contributed by atoms with Crippen LogP contribution in [0.3, 0.4) is 0 Å². The second kappa shape index (κ2) is 6.40. The van der Waals surface area contributed by atoms with Crippen molar-refractivity contribution in [2.45, 2.75) is 0 Å². The van der Waals surface area contributed by atoms with Gasteiger partial charge in [0.25, 0.3) is 11.6 Å². The molecule has 2 heterocycles. The molecule has 0 atom stereocenters. The first-order chi connectivity index (χ1) is 12.9. The number of amides is 1. The molecule has 136 valence electrons. The number of nitrogens with zero attached hydrogens (tertiary/aromatic N) is 2. The molecule has 1 fully saturated rings. The highest BCUT2D eigenvalue weighted by Gasteiger charge is 2.34.